The Bertz CT molecular complexity index is 1390. The van der Waals surface area contributed by atoms with E-state index in [1.807, 2.05) is 0 Å². The quantitative estimate of drug-likeness (QED) is 0.271. The number of nitrogens with zero attached hydrogens (tertiary/aromatic N) is 5. The van der Waals surface area contributed by atoms with Crippen LogP contribution in [0.4, 0.5) is 16.0 Å². The molecule has 0 spiro atoms. The van der Waals surface area contributed by atoms with Crippen molar-refractivity contribution in [3.05, 3.63) is 67.6 Å². The van der Waals surface area contributed by atoms with Gasteiger partial charge >= 0.3 is 5.82 Å². The van der Waals surface area contributed by atoms with Crippen LogP contribution in [0, 0.1) is 33.2 Å². The van der Waals surface area contributed by atoms with Crippen molar-refractivity contribution in [3.8, 4) is 0 Å². The second-order valence-corrected chi connectivity index (χ2v) is 12.3. The van der Waals surface area contributed by atoms with Gasteiger partial charge in [-0.05, 0) is 82.7 Å². The van der Waals surface area contributed by atoms with Crippen LogP contribution in [-0.4, -0.2) is 30.4 Å². The molecule has 4 aliphatic rings. The average molecular weight is 592 g/mol. The minimum absolute atomic E-state index is 0.164. The summed E-state index contributed by atoms with van der Waals surface area (Å²) in [5, 5.41) is 23.3. The molecule has 4 bridgehead atoms. The Kier molecular flexibility index (Phi) is 5.91. The molecule has 1 aromatic carbocycles. The van der Waals surface area contributed by atoms with Crippen LogP contribution in [0.2, 0.25) is 5.02 Å². The molecule has 0 aliphatic heterocycles. The molecule has 7 rings (SSSR count). The van der Waals surface area contributed by atoms with Crippen LogP contribution in [0.1, 0.15) is 50.5 Å². The zero-order valence-electron chi connectivity index (χ0n) is 19.9. The predicted octanol–water partition coefficient (Wildman–Crippen LogP) is 5.92. The fraction of sp³-hybridized carbons (Fsp3) is 0.480. The number of carbonyl (C=O) groups is 1. The zero-order valence-corrected chi connectivity index (χ0v) is 22.2. The van der Waals surface area contributed by atoms with E-state index in [0.717, 1.165) is 38.5 Å². The molecule has 3 aromatic rings. The molecule has 4 aliphatic carbocycles. The lowest BCUT2D eigenvalue weighted by Crippen LogP contribution is -2.57. The molecule has 37 heavy (non-hydrogen) atoms. The minimum atomic E-state index is -0.473. The fourth-order valence-corrected chi connectivity index (χ4v) is 8.08. The number of nitrogens with one attached hydrogen (secondary N) is 1. The molecule has 2 aromatic heterocycles. The smallest absolute Gasteiger partial charge is 0.358 e. The normalized spacial score (nSPS) is 28.0. The lowest BCUT2D eigenvalue weighted by atomic mass is 9.46. The topological polar surface area (TPSA) is 108 Å². The van der Waals surface area contributed by atoms with Crippen molar-refractivity contribution >= 4 is 45.1 Å². The lowest BCUT2D eigenvalue weighted by molar-refractivity contribution is -0.390. The maximum atomic E-state index is 14.0. The second kappa shape index (κ2) is 8.90. The van der Waals surface area contributed by atoms with Gasteiger partial charge in [0.2, 0.25) is 5.91 Å². The highest BCUT2D eigenvalue weighted by molar-refractivity contribution is 9.10. The first-order valence-corrected chi connectivity index (χ1v) is 13.5. The molecule has 4 fully saturated rings. The molecule has 1 N–H and O–H groups in total. The Hall–Kier alpha value is -2.79. The minimum Gasteiger partial charge on any atom is -0.358 e. The van der Waals surface area contributed by atoms with Crippen LogP contribution in [0.5, 0.6) is 0 Å². The molecule has 2 unspecified atom stereocenters. The number of anilines is 1. The van der Waals surface area contributed by atoms with Gasteiger partial charge in [0.15, 0.2) is 5.82 Å². The molecular formula is C25H25BrClFN6O3. The molecule has 0 radical (unpaired) electrons. The number of aromatic nitrogens is 4. The summed E-state index contributed by atoms with van der Waals surface area (Å²) in [6.07, 6.45) is 9.25. The van der Waals surface area contributed by atoms with Gasteiger partial charge in [-0.1, -0.05) is 29.8 Å². The van der Waals surface area contributed by atoms with E-state index in [1.54, 1.807) is 35.3 Å². The molecule has 1 amide bonds. The second-order valence-electron chi connectivity index (χ2n) is 11.0. The van der Waals surface area contributed by atoms with E-state index in [4.69, 9.17) is 11.6 Å². The van der Waals surface area contributed by atoms with E-state index in [1.165, 1.54) is 10.7 Å². The number of carbonyl (C=O) groups excluding carboxylic acids is 1. The molecule has 194 valence electrons. The zero-order chi connectivity index (χ0) is 25.9. The number of halogens is 3. The summed E-state index contributed by atoms with van der Waals surface area (Å²) in [6.45, 7) is 0.198. The Labute approximate surface area is 225 Å². The lowest BCUT2D eigenvalue weighted by Gasteiger charge is -2.61. The third-order valence-corrected chi connectivity index (χ3v) is 9.10. The highest BCUT2D eigenvalue weighted by Crippen LogP contribution is 2.65. The maximum Gasteiger partial charge on any atom is 0.404 e. The van der Waals surface area contributed by atoms with Crippen LogP contribution >= 0.6 is 27.5 Å². The highest BCUT2D eigenvalue weighted by atomic mass is 79.9. The van der Waals surface area contributed by atoms with Crippen molar-refractivity contribution in [1.29, 1.82) is 0 Å². The first-order valence-electron chi connectivity index (χ1n) is 12.3. The van der Waals surface area contributed by atoms with Crippen molar-refractivity contribution in [2.24, 2.45) is 17.3 Å². The van der Waals surface area contributed by atoms with Crippen LogP contribution < -0.4 is 5.32 Å². The molecular weight excluding hydrogens is 567 g/mol. The maximum absolute atomic E-state index is 14.0. The van der Waals surface area contributed by atoms with Crippen molar-refractivity contribution in [2.75, 3.05) is 5.32 Å². The average Bonchev–Trinajstić information content (AvgIpc) is 3.36. The van der Waals surface area contributed by atoms with Gasteiger partial charge in [0.1, 0.15) is 15.3 Å². The van der Waals surface area contributed by atoms with Crippen molar-refractivity contribution in [1.82, 2.24) is 19.6 Å². The first-order chi connectivity index (χ1) is 17.6. The number of amides is 1. The monoisotopic (exact) mass is 590 g/mol. The summed E-state index contributed by atoms with van der Waals surface area (Å²) in [4.78, 5) is 24.2. The third-order valence-electron chi connectivity index (χ3n) is 8.26. The number of rotatable bonds is 7. The van der Waals surface area contributed by atoms with Gasteiger partial charge < -0.3 is 15.4 Å². The van der Waals surface area contributed by atoms with Gasteiger partial charge in [-0.3, -0.25) is 9.48 Å². The van der Waals surface area contributed by atoms with Gasteiger partial charge in [0.25, 0.3) is 0 Å². The summed E-state index contributed by atoms with van der Waals surface area (Å²) in [5.41, 5.74) is -0.0483. The molecule has 9 nitrogen and oxygen atoms in total. The van der Waals surface area contributed by atoms with Crippen molar-refractivity contribution < 1.29 is 14.1 Å². The summed E-state index contributed by atoms with van der Waals surface area (Å²) >= 11 is 9.64. The van der Waals surface area contributed by atoms with Gasteiger partial charge in [-0.15, -0.1) is 0 Å². The molecule has 2 heterocycles. The van der Waals surface area contributed by atoms with Gasteiger partial charge in [-0.2, -0.15) is 9.78 Å². The fourth-order valence-electron chi connectivity index (χ4n) is 7.47. The van der Waals surface area contributed by atoms with Crippen molar-refractivity contribution in [3.63, 3.8) is 0 Å². The standard InChI is InChI=1S/C25H25BrClFN6O3/c26-18-12-33(31-23(18)34(36)37)25-8-15-5-16(9-25)7-24(6-15,14-25)10-21(35)29-22-19(27)13-32(30-22)11-17-3-1-2-4-20(17)28/h1-4,12-13,15-16H,5-11,14H2,(H,29,30,35). The largest absolute Gasteiger partial charge is 0.404 e. The predicted molar refractivity (Wildman–Crippen MR) is 138 cm³/mol. The van der Waals surface area contributed by atoms with E-state index in [9.17, 15) is 19.3 Å². The Morgan fingerprint density at radius 2 is 1.95 bits per heavy atom. The summed E-state index contributed by atoms with van der Waals surface area (Å²) in [7, 11) is 0. The van der Waals surface area contributed by atoms with Crippen LogP contribution in [0.15, 0.2) is 41.1 Å². The van der Waals surface area contributed by atoms with Crippen LogP contribution in [0.25, 0.3) is 0 Å². The van der Waals surface area contributed by atoms with Gasteiger partial charge in [0.05, 0.1) is 23.4 Å². The number of hydrogen-bond donors (Lipinski definition) is 1. The van der Waals surface area contributed by atoms with Gasteiger partial charge in [0, 0.05) is 18.2 Å². The number of benzene rings is 1. The molecule has 4 saturated carbocycles. The van der Waals surface area contributed by atoms with E-state index >= 15 is 0 Å². The molecule has 0 saturated heterocycles. The van der Waals surface area contributed by atoms with E-state index < -0.39 is 4.92 Å². The summed E-state index contributed by atoms with van der Waals surface area (Å²) in [6, 6.07) is 6.45. The van der Waals surface area contributed by atoms with Crippen LogP contribution in [-0.2, 0) is 16.9 Å². The third kappa shape index (κ3) is 4.46. The Morgan fingerprint density at radius 3 is 2.62 bits per heavy atom. The molecule has 2 atom stereocenters. The van der Waals surface area contributed by atoms with E-state index in [0.29, 0.717) is 33.3 Å². The van der Waals surface area contributed by atoms with Gasteiger partial charge in [-0.25, -0.2) is 4.39 Å². The Balaban J connectivity index is 1.19. The van der Waals surface area contributed by atoms with Crippen molar-refractivity contribution in [2.45, 2.75) is 57.0 Å². The first kappa shape index (κ1) is 24.5. The highest BCUT2D eigenvalue weighted by Gasteiger charge is 2.60. The Morgan fingerprint density at radius 1 is 1.22 bits per heavy atom. The summed E-state index contributed by atoms with van der Waals surface area (Å²) in [5.74, 6) is 0.504. The SMILES string of the molecule is O=C(CC12CC3CC(C1)CC(n1cc(Br)c([N+](=O)[O-])n1)(C3)C2)Nc1nn(Cc2ccccc2F)cc1Cl. The van der Waals surface area contributed by atoms with Crippen LogP contribution in [0.3, 0.4) is 0 Å². The van der Waals surface area contributed by atoms with E-state index in [2.05, 4.69) is 31.4 Å². The molecule has 12 heteroatoms. The van der Waals surface area contributed by atoms with E-state index in [-0.39, 0.29) is 40.9 Å². The number of nitro groups is 1. The number of hydrogen-bond acceptors (Lipinski definition) is 5. The summed E-state index contributed by atoms with van der Waals surface area (Å²) < 4.78 is 17.7.